The number of anilines is 2. The molecule has 0 radical (unpaired) electrons. The number of nitrogens with zero attached hydrogens (tertiary/aromatic N) is 3. The Kier molecular flexibility index (Phi) is 6.11. The monoisotopic (exact) mass is 328 g/mol. The number of nitrogens with one attached hydrogen (secondary N) is 1. The molecule has 1 aromatic rings. The highest BCUT2D eigenvalue weighted by Crippen LogP contribution is 2.25. The highest BCUT2D eigenvalue weighted by Gasteiger charge is 2.23. The van der Waals surface area contributed by atoms with Gasteiger partial charge in [0, 0.05) is 30.9 Å². The van der Waals surface area contributed by atoms with E-state index in [1.165, 1.54) is 51.4 Å². The molecular weight excluding hydrogens is 296 g/mol. The lowest BCUT2D eigenvalue weighted by molar-refractivity contribution is 0.443. The van der Waals surface area contributed by atoms with Crippen LogP contribution in [0.1, 0.15) is 70.4 Å². The van der Waals surface area contributed by atoms with Crippen molar-refractivity contribution >= 4 is 11.8 Å². The predicted molar refractivity (Wildman–Crippen MR) is 102 cm³/mol. The molecule has 3 rings (SSSR count). The van der Waals surface area contributed by atoms with Crippen molar-refractivity contribution in [2.75, 3.05) is 23.3 Å². The van der Waals surface area contributed by atoms with Crippen LogP contribution >= 0.6 is 0 Å². The number of aromatic nitrogens is 2. The van der Waals surface area contributed by atoms with Crippen molar-refractivity contribution in [2.24, 2.45) is 0 Å². The van der Waals surface area contributed by atoms with E-state index in [2.05, 4.69) is 36.2 Å². The molecule has 1 aliphatic heterocycles. The summed E-state index contributed by atoms with van der Waals surface area (Å²) >= 11 is 0. The van der Waals surface area contributed by atoms with Gasteiger partial charge < -0.3 is 10.2 Å². The van der Waals surface area contributed by atoms with Gasteiger partial charge in [-0.05, 0) is 64.7 Å². The summed E-state index contributed by atoms with van der Waals surface area (Å²) < 4.78 is 0. The highest BCUT2D eigenvalue weighted by molar-refractivity contribution is 5.44. The molecule has 2 aliphatic rings. The second-order valence-electron chi connectivity index (χ2n) is 7.23. The van der Waals surface area contributed by atoms with Gasteiger partial charge in [-0.1, -0.05) is 18.6 Å². The first-order valence-electron chi connectivity index (χ1n) is 9.80. The topological polar surface area (TPSA) is 41.1 Å². The molecule has 24 heavy (non-hydrogen) atoms. The minimum atomic E-state index is 0.598. The largest absolute Gasteiger partial charge is 0.370 e. The van der Waals surface area contributed by atoms with Gasteiger partial charge in [0.1, 0.15) is 5.82 Å². The van der Waals surface area contributed by atoms with Crippen LogP contribution < -0.4 is 10.2 Å². The smallest absolute Gasteiger partial charge is 0.227 e. The summed E-state index contributed by atoms with van der Waals surface area (Å²) in [5, 5.41) is 3.53. The Hall–Kier alpha value is -1.58. The van der Waals surface area contributed by atoms with E-state index in [4.69, 9.17) is 9.97 Å². The molecule has 0 spiro atoms. The molecule has 132 valence electrons. The normalized spacial score (nSPS) is 21.5. The lowest BCUT2D eigenvalue weighted by atomic mass is 9.97. The number of rotatable bonds is 6. The molecular formula is C20H32N4. The van der Waals surface area contributed by atoms with Crippen LogP contribution in [0.5, 0.6) is 0 Å². The fourth-order valence-corrected chi connectivity index (χ4v) is 3.94. The molecule has 1 N–H and O–H groups in total. The van der Waals surface area contributed by atoms with Gasteiger partial charge in [0.15, 0.2) is 0 Å². The van der Waals surface area contributed by atoms with E-state index >= 15 is 0 Å². The van der Waals surface area contributed by atoms with Crippen molar-refractivity contribution in [3.05, 3.63) is 23.4 Å². The average Bonchev–Trinajstić information content (AvgIpc) is 2.62. The van der Waals surface area contributed by atoms with Crippen LogP contribution in [-0.4, -0.2) is 29.1 Å². The lowest BCUT2D eigenvalue weighted by Crippen LogP contribution is -2.40. The molecule has 1 aromatic heterocycles. The Morgan fingerprint density at radius 2 is 2.12 bits per heavy atom. The maximum Gasteiger partial charge on any atom is 0.227 e. The minimum Gasteiger partial charge on any atom is -0.370 e. The summed E-state index contributed by atoms with van der Waals surface area (Å²) in [5.74, 6) is 1.90. The Labute approximate surface area is 146 Å². The van der Waals surface area contributed by atoms with Crippen LogP contribution in [0, 0.1) is 6.92 Å². The third kappa shape index (κ3) is 4.49. The Morgan fingerprint density at radius 3 is 2.92 bits per heavy atom. The Morgan fingerprint density at radius 1 is 1.21 bits per heavy atom. The summed E-state index contributed by atoms with van der Waals surface area (Å²) in [7, 11) is 0. The van der Waals surface area contributed by atoms with Crippen LogP contribution in [0.2, 0.25) is 0 Å². The maximum atomic E-state index is 4.82. The van der Waals surface area contributed by atoms with Crippen molar-refractivity contribution in [1.29, 1.82) is 0 Å². The average molecular weight is 329 g/mol. The van der Waals surface area contributed by atoms with E-state index in [-0.39, 0.29) is 0 Å². The molecule has 0 saturated carbocycles. The summed E-state index contributed by atoms with van der Waals surface area (Å²) in [4.78, 5) is 12.0. The summed E-state index contributed by atoms with van der Waals surface area (Å²) in [6.07, 6.45) is 13.9. The van der Waals surface area contributed by atoms with Gasteiger partial charge >= 0.3 is 0 Å². The fourth-order valence-electron chi connectivity index (χ4n) is 3.94. The second kappa shape index (κ2) is 8.50. The number of allylic oxidation sites excluding steroid dienone is 1. The van der Waals surface area contributed by atoms with E-state index in [1.54, 1.807) is 5.57 Å². The summed E-state index contributed by atoms with van der Waals surface area (Å²) in [6, 6.07) is 2.67. The van der Waals surface area contributed by atoms with Gasteiger partial charge in [0.25, 0.3) is 0 Å². The van der Waals surface area contributed by atoms with E-state index in [0.717, 1.165) is 37.0 Å². The molecule has 1 fully saturated rings. The fraction of sp³-hybridized carbons (Fsp3) is 0.700. The zero-order chi connectivity index (χ0) is 16.8. The first-order valence-corrected chi connectivity index (χ1v) is 9.80. The van der Waals surface area contributed by atoms with Gasteiger partial charge in [-0.25, -0.2) is 4.98 Å². The number of hydrogen-bond donors (Lipinski definition) is 1. The Balaban J connectivity index is 1.63. The van der Waals surface area contributed by atoms with Gasteiger partial charge in [0.2, 0.25) is 5.95 Å². The van der Waals surface area contributed by atoms with Crippen LogP contribution in [0.4, 0.5) is 11.8 Å². The van der Waals surface area contributed by atoms with E-state index in [0.29, 0.717) is 6.04 Å². The van der Waals surface area contributed by atoms with Crippen LogP contribution in [0.15, 0.2) is 17.7 Å². The second-order valence-corrected chi connectivity index (χ2v) is 7.23. The van der Waals surface area contributed by atoms with Crippen molar-refractivity contribution < 1.29 is 0 Å². The third-order valence-corrected chi connectivity index (χ3v) is 5.33. The zero-order valence-corrected chi connectivity index (χ0v) is 15.4. The van der Waals surface area contributed by atoms with Gasteiger partial charge in [0.05, 0.1) is 0 Å². The van der Waals surface area contributed by atoms with Gasteiger partial charge in [-0.15, -0.1) is 0 Å². The molecule has 1 atom stereocenters. The lowest BCUT2D eigenvalue weighted by Gasteiger charge is -2.35. The van der Waals surface area contributed by atoms with E-state index < -0.39 is 0 Å². The molecule has 1 aliphatic carbocycles. The molecule has 2 heterocycles. The van der Waals surface area contributed by atoms with Gasteiger partial charge in [-0.3, -0.25) is 0 Å². The highest BCUT2D eigenvalue weighted by atomic mass is 15.3. The van der Waals surface area contributed by atoms with Crippen molar-refractivity contribution in [3.8, 4) is 0 Å². The predicted octanol–water partition coefficient (Wildman–Crippen LogP) is 4.86. The number of piperidine rings is 1. The van der Waals surface area contributed by atoms with Crippen molar-refractivity contribution in [2.45, 2.75) is 77.7 Å². The molecule has 1 unspecified atom stereocenters. The molecule has 0 aromatic carbocycles. The van der Waals surface area contributed by atoms with Crippen LogP contribution in [-0.2, 0) is 0 Å². The SMILES string of the molecule is CCC1CCCCN1c1nc(C)cc(NCCC2=CCCCC2)n1. The molecule has 0 amide bonds. The molecule has 0 bridgehead atoms. The molecule has 1 saturated heterocycles. The minimum absolute atomic E-state index is 0.598. The molecule has 4 heteroatoms. The summed E-state index contributed by atoms with van der Waals surface area (Å²) in [5.41, 5.74) is 2.67. The van der Waals surface area contributed by atoms with E-state index in [9.17, 15) is 0 Å². The first kappa shape index (κ1) is 17.2. The van der Waals surface area contributed by atoms with Crippen molar-refractivity contribution in [3.63, 3.8) is 0 Å². The summed E-state index contributed by atoms with van der Waals surface area (Å²) in [6.45, 7) is 6.41. The first-order chi connectivity index (χ1) is 11.8. The Bertz CT molecular complexity index is 567. The maximum absolute atomic E-state index is 4.82. The zero-order valence-electron chi connectivity index (χ0n) is 15.4. The standard InChI is InChI=1S/C20H32N4/c1-3-18-11-7-8-14-24(18)20-22-16(2)15-19(23-20)21-13-12-17-9-5-4-6-10-17/h9,15,18H,3-8,10-14H2,1-2H3,(H,21,22,23). The van der Waals surface area contributed by atoms with E-state index in [1.807, 2.05) is 0 Å². The van der Waals surface area contributed by atoms with Crippen LogP contribution in [0.3, 0.4) is 0 Å². The number of hydrogen-bond acceptors (Lipinski definition) is 4. The third-order valence-electron chi connectivity index (χ3n) is 5.33. The van der Waals surface area contributed by atoms with Gasteiger partial charge in [-0.2, -0.15) is 4.98 Å². The van der Waals surface area contributed by atoms with Crippen molar-refractivity contribution in [1.82, 2.24) is 9.97 Å². The molecule has 4 nitrogen and oxygen atoms in total. The quantitative estimate of drug-likeness (QED) is 0.757. The van der Waals surface area contributed by atoms with Crippen LogP contribution in [0.25, 0.3) is 0 Å². The number of aryl methyl sites for hydroxylation is 1.